The van der Waals surface area contributed by atoms with E-state index in [-0.39, 0.29) is 26.4 Å². The van der Waals surface area contributed by atoms with Crippen LogP contribution in [0.15, 0.2) is 35.7 Å². The minimum Gasteiger partial charge on any atom is -0.298 e. The first-order valence-corrected chi connectivity index (χ1v) is 9.06. The van der Waals surface area contributed by atoms with Crippen molar-refractivity contribution in [2.75, 3.05) is 5.32 Å². The van der Waals surface area contributed by atoms with E-state index in [4.69, 9.17) is 23.2 Å². The van der Waals surface area contributed by atoms with Crippen molar-refractivity contribution in [2.24, 2.45) is 0 Å². The van der Waals surface area contributed by atoms with Crippen LogP contribution in [0.4, 0.5) is 15.2 Å². The molecule has 2 aromatic carbocycles. The molecule has 0 atom stereocenters. The largest absolute Gasteiger partial charge is 0.298 e. The van der Waals surface area contributed by atoms with Gasteiger partial charge in [0.05, 0.1) is 26.2 Å². The van der Waals surface area contributed by atoms with Gasteiger partial charge in [-0.05, 0) is 19.1 Å². The molecule has 0 saturated carbocycles. The first-order chi connectivity index (χ1) is 12.8. The Labute approximate surface area is 166 Å². The van der Waals surface area contributed by atoms with Crippen LogP contribution < -0.4 is 5.32 Å². The number of aryl methyl sites for hydroxylation is 1. The number of benzene rings is 2. The molecule has 0 aliphatic rings. The number of hydrogen-bond acceptors (Lipinski definition) is 5. The van der Waals surface area contributed by atoms with Gasteiger partial charge in [0.25, 0.3) is 11.6 Å². The molecule has 0 spiro atoms. The molecule has 0 bridgehead atoms. The van der Waals surface area contributed by atoms with E-state index in [1.54, 1.807) is 24.4 Å². The van der Waals surface area contributed by atoms with E-state index in [1.165, 1.54) is 6.07 Å². The van der Waals surface area contributed by atoms with Crippen molar-refractivity contribution >= 4 is 51.3 Å². The fraction of sp³-hybridized carbons (Fsp3) is 0.0588. The normalized spacial score (nSPS) is 10.7. The predicted molar refractivity (Wildman–Crippen MR) is 103 cm³/mol. The lowest BCUT2D eigenvalue weighted by Crippen LogP contribution is -2.12. The van der Waals surface area contributed by atoms with Gasteiger partial charge >= 0.3 is 0 Å². The van der Waals surface area contributed by atoms with Gasteiger partial charge in [0.15, 0.2) is 5.13 Å². The molecule has 1 heterocycles. The van der Waals surface area contributed by atoms with Gasteiger partial charge in [-0.3, -0.25) is 20.2 Å². The maximum atomic E-state index is 13.6. The maximum Gasteiger partial charge on any atom is 0.272 e. The van der Waals surface area contributed by atoms with Crippen molar-refractivity contribution in [3.63, 3.8) is 0 Å². The molecule has 27 heavy (non-hydrogen) atoms. The lowest BCUT2D eigenvalue weighted by molar-refractivity contribution is -0.385. The molecular weight excluding hydrogens is 416 g/mol. The lowest BCUT2D eigenvalue weighted by Gasteiger charge is -2.05. The monoisotopic (exact) mass is 425 g/mol. The molecule has 138 valence electrons. The summed E-state index contributed by atoms with van der Waals surface area (Å²) in [5.41, 5.74) is 1.44. The third-order valence-corrected chi connectivity index (χ3v) is 5.04. The smallest absolute Gasteiger partial charge is 0.272 e. The summed E-state index contributed by atoms with van der Waals surface area (Å²) in [7, 11) is 0. The van der Waals surface area contributed by atoms with E-state index in [1.807, 2.05) is 0 Å². The third kappa shape index (κ3) is 4.08. The summed E-state index contributed by atoms with van der Waals surface area (Å²) in [6.45, 7) is 1.64. The number of thiazole rings is 1. The van der Waals surface area contributed by atoms with Crippen LogP contribution in [0, 0.1) is 22.9 Å². The van der Waals surface area contributed by atoms with Crippen LogP contribution in [0.2, 0.25) is 10.0 Å². The molecule has 0 unspecified atom stereocenters. The second-order valence-corrected chi connectivity index (χ2v) is 7.17. The number of nitro groups is 1. The number of anilines is 1. The number of hydrogen-bond donors (Lipinski definition) is 1. The van der Waals surface area contributed by atoms with Crippen molar-refractivity contribution in [1.29, 1.82) is 0 Å². The standard InChI is InChI=1S/C17H10Cl2FN3O3S/c1-8-2-3-9(4-15(8)23(25)26)14-7-27-17(21-14)22-16(24)10-5-13(20)12(19)6-11(10)18/h2-7H,1H3,(H,21,22,24). The zero-order valence-corrected chi connectivity index (χ0v) is 16.0. The highest BCUT2D eigenvalue weighted by Crippen LogP contribution is 2.30. The molecule has 3 aromatic rings. The molecule has 0 aliphatic heterocycles. The number of halogens is 3. The number of nitrogens with one attached hydrogen (secondary N) is 1. The van der Waals surface area contributed by atoms with Crippen molar-refractivity contribution in [1.82, 2.24) is 4.98 Å². The van der Waals surface area contributed by atoms with Gasteiger partial charge in [0.2, 0.25) is 0 Å². The Balaban J connectivity index is 1.85. The molecule has 3 rings (SSSR count). The predicted octanol–water partition coefficient (Wildman–Crippen LogP) is 5.72. The molecule has 0 fully saturated rings. The van der Waals surface area contributed by atoms with Crippen LogP contribution >= 0.6 is 34.5 Å². The van der Waals surface area contributed by atoms with Gasteiger partial charge in [0, 0.05) is 22.6 Å². The molecule has 0 radical (unpaired) electrons. The number of rotatable bonds is 4. The maximum absolute atomic E-state index is 13.6. The Morgan fingerprint density at radius 3 is 2.70 bits per heavy atom. The van der Waals surface area contributed by atoms with Crippen molar-refractivity contribution < 1.29 is 14.1 Å². The fourth-order valence-corrected chi connectivity index (χ4v) is 3.47. The Morgan fingerprint density at radius 2 is 2.00 bits per heavy atom. The van der Waals surface area contributed by atoms with Gasteiger partial charge in [-0.15, -0.1) is 11.3 Å². The molecule has 1 N–H and O–H groups in total. The van der Waals surface area contributed by atoms with Crippen LogP contribution in [0.1, 0.15) is 15.9 Å². The SMILES string of the molecule is Cc1ccc(-c2csc(NC(=O)c3cc(F)c(Cl)cc3Cl)n2)cc1[N+](=O)[O-]. The van der Waals surface area contributed by atoms with Crippen LogP contribution in [0.25, 0.3) is 11.3 Å². The quantitative estimate of drug-likeness (QED) is 0.328. The van der Waals surface area contributed by atoms with E-state index < -0.39 is 16.6 Å². The molecule has 6 nitrogen and oxygen atoms in total. The first kappa shape index (κ1) is 19.2. The summed E-state index contributed by atoms with van der Waals surface area (Å²) in [5, 5.41) is 15.3. The summed E-state index contributed by atoms with van der Waals surface area (Å²) in [5.74, 6) is -1.41. The van der Waals surface area contributed by atoms with Gasteiger partial charge in [-0.2, -0.15) is 0 Å². The van der Waals surface area contributed by atoms with Crippen LogP contribution in [0.3, 0.4) is 0 Å². The summed E-state index contributed by atoms with van der Waals surface area (Å²) < 4.78 is 13.6. The molecule has 1 aromatic heterocycles. The number of nitrogens with zero attached hydrogens (tertiary/aromatic N) is 2. The summed E-state index contributed by atoms with van der Waals surface area (Å²) >= 11 is 12.7. The minimum absolute atomic E-state index is 0.00448. The van der Waals surface area contributed by atoms with Gasteiger partial charge < -0.3 is 0 Å². The van der Waals surface area contributed by atoms with Gasteiger partial charge in [-0.25, -0.2) is 9.37 Å². The summed E-state index contributed by atoms with van der Waals surface area (Å²) in [6.07, 6.45) is 0. The van der Waals surface area contributed by atoms with Gasteiger partial charge in [0.1, 0.15) is 5.82 Å². The number of carbonyl (C=O) groups is 1. The average Bonchev–Trinajstić information content (AvgIpc) is 3.06. The number of amides is 1. The topological polar surface area (TPSA) is 85.1 Å². The van der Waals surface area contributed by atoms with E-state index >= 15 is 0 Å². The lowest BCUT2D eigenvalue weighted by atomic mass is 10.1. The zero-order chi connectivity index (χ0) is 19.7. The Hall–Kier alpha value is -2.55. The summed E-state index contributed by atoms with van der Waals surface area (Å²) in [4.78, 5) is 27.2. The molecule has 0 saturated heterocycles. The Kier molecular flexibility index (Phi) is 5.41. The second-order valence-electron chi connectivity index (χ2n) is 5.50. The van der Waals surface area contributed by atoms with E-state index in [0.717, 1.165) is 23.5 Å². The zero-order valence-electron chi connectivity index (χ0n) is 13.6. The molecule has 1 amide bonds. The molecule has 0 aliphatic carbocycles. The average molecular weight is 426 g/mol. The second kappa shape index (κ2) is 7.59. The Morgan fingerprint density at radius 1 is 1.26 bits per heavy atom. The number of carbonyl (C=O) groups excluding carboxylic acids is 1. The van der Waals surface area contributed by atoms with Gasteiger partial charge in [-0.1, -0.05) is 35.3 Å². The summed E-state index contributed by atoms with van der Waals surface area (Å²) in [6, 6.07) is 6.83. The highest BCUT2D eigenvalue weighted by Gasteiger charge is 2.17. The third-order valence-electron chi connectivity index (χ3n) is 3.68. The van der Waals surface area contributed by atoms with Crippen molar-refractivity contribution in [3.05, 3.63) is 72.8 Å². The van der Waals surface area contributed by atoms with Crippen LogP contribution in [0.5, 0.6) is 0 Å². The molecular formula is C17H10Cl2FN3O3S. The highest BCUT2D eigenvalue weighted by molar-refractivity contribution is 7.14. The van der Waals surface area contributed by atoms with Crippen LogP contribution in [-0.2, 0) is 0 Å². The van der Waals surface area contributed by atoms with Crippen molar-refractivity contribution in [2.45, 2.75) is 6.92 Å². The van der Waals surface area contributed by atoms with E-state index in [0.29, 0.717) is 16.8 Å². The fourth-order valence-electron chi connectivity index (χ4n) is 2.29. The van der Waals surface area contributed by atoms with E-state index in [2.05, 4.69) is 10.3 Å². The molecule has 10 heteroatoms. The van der Waals surface area contributed by atoms with Crippen LogP contribution in [-0.4, -0.2) is 15.8 Å². The number of nitro benzene ring substituents is 1. The Bertz CT molecular complexity index is 1070. The highest BCUT2D eigenvalue weighted by atomic mass is 35.5. The minimum atomic E-state index is -0.766. The number of aromatic nitrogens is 1. The van der Waals surface area contributed by atoms with E-state index in [9.17, 15) is 19.3 Å². The first-order valence-electron chi connectivity index (χ1n) is 7.43. The van der Waals surface area contributed by atoms with Crippen molar-refractivity contribution in [3.8, 4) is 11.3 Å².